The summed E-state index contributed by atoms with van der Waals surface area (Å²) in [6.45, 7) is 11.6. The van der Waals surface area contributed by atoms with Crippen LogP contribution in [0.25, 0.3) is 0 Å². The maximum absolute atomic E-state index is 13.5. The van der Waals surface area contributed by atoms with Crippen LogP contribution >= 0.6 is 0 Å². The van der Waals surface area contributed by atoms with Gasteiger partial charge in [-0.25, -0.2) is 9.79 Å². The number of esters is 1. The van der Waals surface area contributed by atoms with Gasteiger partial charge in [-0.05, 0) is 70.9 Å². The summed E-state index contributed by atoms with van der Waals surface area (Å²) >= 11 is 0. The largest absolute Gasteiger partial charge is 0.459 e. The molecule has 0 radical (unpaired) electrons. The van der Waals surface area contributed by atoms with Gasteiger partial charge in [-0.15, -0.1) is 0 Å². The molecule has 1 fully saturated rings. The number of hydrogen-bond donors (Lipinski definition) is 0. The molecule has 1 aliphatic rings. The zero-order valence-corrected chi connectivity index (χ0v) is 21.4. The van der Waals surface area contributed by atoms with E-state index in [4.69, 9.17) is 9.73 Å². The lowest BCUT2D eigenvalue weighted by molar-refractivity contribution is -0.147. The van der Waals surface area contributed by atoms with E-state index in [2.05, 4.69) is 80.8 Å². The first kappa shape index (κ1) is 24.5. The third-order valence-electron chi connectivity index (χ3n) is 6.28. The summed E-state index contributed by atoms with van der Waals surface area (Å²) in [6, 6.07) is 25.8. The molecule has 0 N–H and O–H groups in total. The molecule has 1 saturated heterocycles. The van der Waals surface area contributed by atoms with Crippen LogP contribution in [-0.2, 0) is 16.1 Å². The molecule has 4 rings (SSSR count). The summed E-state index contributed by atoms with van der Waals surface area (Å²) in [5, 5.41) is 0. The van der Waals surface area contributed by atoms with Crippen LogP contribution in [0, 0.1) is 13.8 Å². The topological polar surface area (TPSA) is 45.1 Å². The Bertz CT molecular complexity index is 1160. The van der Waals surface area contributed by atoms with Crippen LogP contribution in [0.3, 0.4) is 0 Å². The number of anilines is 1. The van der Waals surface area contributed by atoms with Gasteiger partial charge in [0.15, 0.2) is 0 Å². The number of ether oxygens (including phenoxy) is 1. The van der Waals surface area contributed by atoms with E-state index in [1.54, 1.807) is 0 Å². The van der Waals surface area contributed by atoms with Crippen molar-refractivity contribution in [3.63, 3.8) is 0 Å². The van der Waals surface area contributed by atoms with Gasteiger partial charge in [-0.3, -0.25) is 4.90 Å². The molecule has 1 unspecified atom stereocenters. The first-order valence-electron chi connectivity index (χ1n) is 12.2. The minimum atomic E-state index is -0.468. The Morgan fingerprint density at radius 2 is 1.51 bits per heavy atom. The quantitative estimate of drug-likeness (QED) is 0.405. The second kappa shape index (κ2) is 10.3. The van der Waals surface area contributed by atoms with E-state index >= 15 is 0 Å². The fraction of sp³-hybridized carbons (Fsp3) is 0.333. The fourth-order valence-corrected chi connectivity index (χ4v) is 4.28. The second-order valence-corrected chi connectivity index (χ2v) is 10.2. The molecule has 35 heavy (non-hydrogen) atoms. The van der Waals surface area contributed by atoms with Crippen molar-refractivity contribution in [1.29, 1.82) is 0 Å². The lowest BCUT2D eigenvalue weighted by Crippen LogP contribution is -2.62. The van der Waals surface area contributed by atoms with Crippen LogP contribution < -0.4 is 4.90 Å². The molecule has 3 aromatic carbocycles. The van der Waals surface area contributed by atoms with Crippen molar-refractivity contribution in [3.8, 4) is 0 Å². The molecule has 3 aromatic rings. The Kier molecular flexibility index (Phi) is 7.25. The number of hydrogen-bond acceptors (Lipinski definition) is 3. The Hall–Kier alpha value is -3.60. The molecule has 5 heteroatoms. The van der Waals surface area contributed by atoms with E-state index in [-0.39, 0.29) is 18.1 Å². The van der Waals surface area contributed by atoms with E-state index in [1.807, 2.05) is 42.5 Å². The van der Waals surface area contributed by atoms with Crippen molar-refractivity contribution in [2.45, 2.75) is 59.2 Å². The number of aryl methyl sites for hydroxylation is 2. The summed E-state index contributed by atoms with van der Waals surface area (Å²) in [5.74, 6) is 0.526. The van der Waals surface area contributed by atoms with Crippen LogP contribution in [0.15, 0.2) is 83.9 Å². The molecule has 1 aliphatic heterocycles. The highest BCUT2D eigenvalue weighted by Crippen LogP contribution is 2.31. The predicted molar refractivity (Wildman–Crippen MR) is 143 cm³/mol. The van der Waals surface area contributed by atoms with Crippen LogP contribution in [0.4, 0.5) is 11.4 Å². The van der Waals surface area contributed by atoms with Gasteiger partial charge < -0.3 is 9.64 Å². The van der Waals surface area contributed by atoms with E-state index in [1.165, 1.54) is 11.1 Å². The van der Waals surface area contributed by atoms with E-state index in [9.17, 15) is 4.79 Å². The van der Waals surface area contributed by atoms with Gasteiger partial charge in [0, 0.05) is 17.8 Å². The first-order chi connectivity index (χ1) is 16.7. The van der Waals surface area contributed by atoms with Gasteiger partial charge in [-0.2, -0.15) is 0 Å². The molecule has 0 saturated carbocycles. The van der Waals surface area contributed by atoms with Crippen molar-refractivity contribution >= 4 is 23.3 Å². The molecular formula is C30H35N3O2. The van der Waals surface area contributed by atoms with Crippen molar-refractivity contribution in [2.75, 3.05) is 11.4 Å². The summed E-state index contributed by atoms with van der Waals surface area (Å²) in [7, 11) is 0. The van der Waals surface area contributed by atoms with E-state index < -0.39 is 6.04 Å². The van der Waals surface area contributed by atoms with Crippen molar-refractivity contribution in [1.82, 2.24) is 4.90 Å². The molecule has 0 aromatic heterocycles. The number of aliphatic imine (C=N–C) groups is 1. The minimum Gasteiger partial charge on any atom is -0.459 e. The number of benzene rings is 3. The number of carbonyl (C=O) groups is 1. The van der Waals surface area contributed by atoms with Crippen LogP contribution in [0.1, 0.15) is 43.9 Å². The summed E-state index contributed by atoms with van der Waals surface area (Å²) < 4.78 is 5.82. The third-order valence-corrected chi connectivity index (χ3v) is 6.28. The summed E-state index contributed by atoms with van der Waals surface area (Å²) in [5.41, 5.74) is 4.93. The van der Waals surface area contributed by atoms with Gasteiger partial charge in [0.05, 0.1) is 5.69 Å². The Morgan fingerprint density at radius 1 is 0.914 bits per heavy atom. The highest BCUT2D eigenvalue weighted by molar-refractivity contribution is 6.04. The average molecular weight is 470 g/mol. The molecule has 0 aliphatic carbocycles. The summed E-state index contributed by atoms with van der Waals surface area (Å²) in [6.07, 6.45) is 0.645. The molecule has 182 valence electrons. The molecule has 1 heterocycles. The van der Waals surface area contributed by atoms with Crippen LogP contribution in [-0.4, -0.2) is 35.0 Å². The first-order valence-corrected chi connectivity index (χ1v) is 12.2. The molecule has 0 bridgehead atoms. The second-order valence-electron chi connectivity index (χ2n) is 10.2. The highest BCUT2D eigenvalue weighted by atomic mass is 16.5. The standard InChI is InChI=1S/C30H35N3O2/c1-22-11-15-25(16-12-22)31-29-32(30(3,4)5)20-19-27(33(29)26-17-13-23(2)14-18-26)28(34)35-21-24-9-7-6-8-10-24/h6-18,27H,19-21H2,1-5H3. The Morgan fingerprint density at radius 3 is 2.11 bits per heavy atom. The monoisotopic (exact) mass is 469 g/mol. The zero-order valence-electron chi connectivity index (χ0n) is 21.4. The van der Waals surface area contributed by atoms with Gasteiger partial charge in [0.1, 0.15) is 12.6 Å². The highest BCUT2D eigenvalue weighted by Gasteiger charge is 2.41. The molecule has 1 atom stereocenters. The average Bonchev–Trinajstić information content (AvgIpc) is 2.84. The van der Waals surface area contributed by atoms with Gasteiger partial charge in [0.2, 0.25) is 5.96 Å². The van der Waals surface area contributed by atoms with Gasteiger partial charge in [-0.1, -0.05) is 65.7 Å². The van der Waals surface area contributed by atoms with E-state index in [0.29, 0.717) is 13.0 Å². The van der Waals surface area contributed by atoms with Crippen LogP contribution in [0.5, 0.6) is 0 Å². The molecular weight excluding hydrogens is 434 g/mol. The van der Waals surface area contributed by atoms with Crippen LogP contribution in [0.2, 0.25) is 0 Å². The Labute approximate surface area is 209 Å². The molecule has 5 nitrogen and oxygen atoms in total. The number of guanidine groups is 1. The maximum atomic E-state index is 13.5. The smallest absolute Gasteiger partial charge is 0.329 e. The molecule has 0 amide bonds. The van der Waals surface area contributed by atoms with Crippen molar-refractivity contribution in [3.05, 3.63) is 95.6 Å². The van der Waals surface area contributed by atoms with Gasteiger partial charge >= 0.3 is 5.97 Å². The number of carbonyl (C=O) groups excluding carboxylic acids is 1. The van der Waals surface area contributed by atoms with E-state index in [0.717, 1.165) is 22.9 Å². The van der Waals surface area contributed by atoms with Crippen molar-refractivity contribution < 1.29 is 9.53 Å². The maximum Gasteiger partial charge on any atom is 0.329 e. The lowest BCUT2D eigenvalue weighted by atomic mass is 10.0. The normalized spacial score (nSPS) is 17.5. The summed E-state index contributed by atoms with van der Waals surface area (Å²) in [4.78, 5) is 22.9. The Balaban J connectivity index is 1.75. The SMILES string of the molecule is Cc1ccc(N=C2N(c3ccc(C)cc3)C(C(=O)OCc3ccccc3)CCN2C(C)(C)C)cc1. The third kappa shape index (κ3) is 5.91. The number of nitrogens with zero attached hydrogens (tertiary/aromatic N) is 3. The minimum absolute atomic E-state index is 0.175. The predicted octanol–water partition coefficient (Wildman–Crippen LogP) is 6.41. The molecule has 0 spiro atoms. The van der Waals surface area contributed by atoms with Crippen molar-refractivity contribution in [2.24, 2.45) is 4.99 Å². The zero-order chi connectivity index (χ0) is 25.0. The number of rotatable bonds is 5. The van der Waals surface area contributed by atoms with Gasteiger partial charge in [0.25, 0.3) is 0 Å². The lowest BCUT2D eigenvalue weighted by Gasteiger charge is -2.48. The fourth-order valence-electron chi connectivity index (χ4n) is 4.28.